The fraction of sp³-hybridized carbons (Fsp3) is 0.917. The SMILES string of the molecule is CNCCCC(=O)NCC1(C)CCOCC1. The second-order valence-corrected chi connectivity index (χ2v) is 4.91. The lowest BCUT2D eigenvalue weighted by Crippen LogP contribution is -2.39. The topological polar surface area (TPSA) is 50.4 Å². The van der Waals surface area contributed by atoms with Gasteiger partial charge >= 0.3 is 0 Å². The minimum Gasteiger partial charge on any atom is -0.381 e. The maximum atomic E-state index is 11.5. The fourth-order valence-corrected chi connectivity index (χ4v) is 1.87. The Bertz CT molecular complexity index is 213. The maximum absolute atomic E-state index is 11.5. The van der Waals surface area contributed by atoms with Gasteiger partial charge in [-0.25, -0.2) is 0 Å². The molecule has 0 spiro atoms. The molecule has 0 aliphatic carbocycles. The molecule has 1 amide bonds. The Morgan fingerprint density at radius 3 is 2.69 bits per heavy atom. The fourth-order valence-electron chi connectivity index (χ4n) is 1.87. The Kier molecular flexibility index (Phi) is 5.77. The van der Waals surface area contributed by atoms with E-state index in [9.17, 15) is 4.79 Å². The zero-order valence-corrected chi connectivity index (χ0v) is 10.5. The predicted molar refractivity (Wildman–Crippen MR) is 64.3 cm³/mol. The average Bonchev–Trinajstić information content (AvgIpc) is 2.28. The van der Waals surface area contributed by atoms with Crippen LogP contribution >= 0.6 is 0 Å². The number of nitrogens with one attached hydrogen (secondary N) is 2. The van der Waals surface area contributed by atoms with Gasteiger partial charge in [0.15, 0.2) is 0 Å². The van der Waals surface area contributed by atoms with Gasteiger partial charge in [-0.05, 0) is 38.3 Å². The van der Waals surface area contributed by atoms with Gasteiger partial charge in [0.25, 0.3) is 0 Å². The minimum atomic E-state index is 0.169. The molecule has 0 unspecified atom stereocenters. The molecular weight excluding hydrogens is 204 g/mol. The van der Waals surface area contributed by atoms with Crippen molar-refractivity contribution in [3.05, 3.63) is 0 Å². The number of amides is 1. The summed E-state index contributed by atoms with van der Waals surface area (Å²) >= 11 is 0. The van der Waals surface area contributed by atoms with Gasteiger partial charge in [-0.1, -0.05) is 6.92 Å². The molecule has 94 valence electrons. The van der Waals surface area contributed by atoms with Crippen molar-refractivity contribution in [3.63, 3.8) is 0 Å². The molecule has 1 heterocycles. The highest BCUT2D eigenvalue weighted by atomic mass is 16.5. The third kappa shape index (κ3) is 4.94. The Labute approximate surface area is 98.1 Å². The zero-order valence-electron chi connectivity index (χ0n) is 10.5. The van der Waals surface area contributed by atoms with Gasteiger partial charge in [0.2, 0.25) is 5.91 Å². The summed E-state index contributed by atoms with van der Waals surface area (Å²) in [7, 11) is 1.90. The smallest absolute Gasteiger partial charge is 0.220 e. The lowest BCUT2D eigenvalue weighted by atomic mass is 9.82. The van der Waals surface area contributed by atoms with Crippen LogP contribution in [0.25, 0.3) is 0 Å². The molecule has 0 saturated carbocycles. The highest BCUT2D eigenvalue weighted by Gasteiger charge is 2.27. The molecule has 1 aliphatic heterocycles. The van der Waals surface area contributed by atoms with Gasteiger partial charge < -0.3 is 15.4 Å². The lowest BCUT2D eigenvalue weighted by molar-refractivity contribution is -0.122. The summed E-state index contributed by atoms with van der Waals surface area (Å²) in [5.74, 6) is 0.169. The van der Waals surface area contributed by atoms with Gasteiger partial charge in [-0.15, -0.1) is 0 Å². The van der Waals surface area contributed by atoms with Crippen LogP contribution in [0.15, 0.2) is 0 Å². The molecule has 0 radical (unpaired) electrons. The van der Waals surface area contributed by atoms with E-state index in [1.54, 1.807) is 0 Å². The average molecular weight is 228 g/mol. The number of ether oxygens (including phenoxy) is 1. The first kappa shape index (κ1) is 13.5. The van der Waals surface area contributed by atoms with E-state index in [0.29, 0.717) is 6.42 Å². The van der Waals surface area contributed by atoms with E-state index in [4.69, 9.17) is 4.74 Å². The molecule has 1 aliphatic rings. The van der Waals surface area contributed by atoms with Gasteiger partial charge in [0.05, 0.1) is 0 Å². The molecule has 0 aromatic rings. The summed E-state index contributed by atoms with van der Waals surface area (Å²) < 4.78 is 5.33. The molecule has 1 fully saturated rings. The third-order valence-corrected chi connectivity index (χ3v) is 3.24. The van der Waals surface area contributed by atoms with Crippen LogP contribution in [0, 0.1) is 5.41 Å². The Hall–Kier alpha value is -0.610. The van der Waals surface area contributed by atoms with Gasteiger partial charge in [-0.2, -0.15) is 0 Å². The summed E-state index contributed by atoms with van der Waals surface area (Å²) in [6.45, 7) is 5.56. The summed E-state index contributed by atoms with van der Waals surface area (Å²) in [6, 6.07) is 0. The molecule has 16 heavy (non-hydrogen) atoms. The highest BCUT2D eigenvalue weighted by Crippen LogP contribution is 2.28. The largest absolute Gasteiger partial charge is 0.381 e. The standard InChI is InChI=1S/C12H24N2O2/c1-12(5-8-16-9-6-12)10-14-11(15)4-3-7-13-2/h13H,3-10H2,1-2H3,(H,14,15). The molecule has 0 aromatic carbocycles. The monoisotopic (exact) mass is 228 g/mol. The number of carbonyl (C=O) groups is 1. The molecule has 0 atom stereocenters. The van der Waals surface area contributed by atoms with Crippen LogP contribution in [0.3, 0.4) is 0 Å². The highest BCUT2D eigenvalue weighted by molar-refractivity contribution is 5.75. The van der Waals surface area contributed by atoms with Gasteiger partial charge in [0.1, 0.15) is 0 Å². The quantitative estimate of drug-likeness (QED) is 0.665. The van der Waals surface area contributed by atoms with Crippen molar-refractivity contribution in [1.29, 1.82) is 0 Å². The maximum Gasteiger partial charge on any atom is 0.220 e. The first-order valence-corrected chi connectivity index (χ1v) is 6.15. The third-order valence-electron chi connectivity index (χ3n) is 3.24. The van der Waals surface area contributed by atoms with E-state index in [1.165, 1.54) is 0 Å². The zero-order chi connectivity index (χ0) is 11.9. The van der Waals surface area contributed by atoms with Crippen molar-refractivity contribution in [2.75, 3.05) is 33.4 Å². The molecule has 0 aromatic heterocycles. The van der Waals surface area contributed by atoms with E-state index in [0.717, 1.165) is 45.6 Å². The Morgan fingerprint density at radius 2 is 2.06 bits per heavy atom. The second kappa shape index (κ2) is 6.86. The first-order valence-electron chi connectivity index (χ1n) is 6.15. The van der Waals surface area contributed by atoms with Crippen molar-refractivity contribution in [2.45, 2.75) is 32.6 Å². The summed E-state index contributed by atoms with van der Waals surface area (Å²) in [5, 5.41) is 6.07. The molecule has 4 heteroatoms. The molecular formula is C12H24N2O2. The van der Waals surface area contributed by atoms with Crippen molar-refractivity contribution in [3.8, 4) is 0 Å². The Balaban J connectivity index is 2.14. The Morgan fingerprint density at radius 1 is 1.38 bits per heavy atom. The first-order chi connectivity index (χ1) is 7.66. The molecule has 4 nitrogen and oxygen atoms in total. The van der Waals surface area contributed by atoms with Crippen LogP contribution < -0.4 is 10.6 Å². The summed E-state index contributed by atoms with van der Waals surface area (Å²) in [4.78, 5) is 11.5. The number of hydrogen-bond donors (Lipinski definition) is 2. The molecule has 1 saturated heterocycles. The number of hydrogen-bond acceptors (Lipinski definition) is 3. The van der Waals surface area contributed by atoms with E-state index in [-0.39, 0.29) is 11.3 Å². The van der Waals surface area contributed by atoms with Crippen LogP contribution in [-0.4, -0.2) is 39.3 Å². The lowest BCUT2D eigenvalue weighted by Gasteiger charge is -2.33. The number of carbonyl (C=O) groups excluding carboxylic acids is 1. The molecule has 1 rings (SSSR count). The number of rotatable bonds is 6. The normalized spacial score (nSPS) is 19.4. The van der Waals surface area contributed by atoms with Gasteiger partial charge in [0, 0.05) is 26.2 Å². The van der Waals surface area contributed by atoms with Gasteiger partial charge in [-0.3, -0.25) is 4.79 Å². The van der Waals surface area contributed by atoms with Crippen molar-refractivity contribution >= 4 is 5.91 Å². The summed E-state index contributed by atoms with van der Waals surface area (Å²) in [5.41, 5.74) is 0.233. The van der Waals surface area contributed by atoms with Crippen LogP contribution in [0.1, 0.15) is 32.6 Å². The van der Waals surface area contributed by atoms with E-state index in [2.05, 4.69) is 17.6 Å². The second-order valence-electron chi connectivity index (χ2n) is 4.91. The van der Waals surface area contributed by atoms with Crippen LogP contribution in [-0.2, 0) is 9.53 Å². The van der Waals surface area contributed by atoms with E-state index >= 15 is 0 Å². The minimum absolute atomic E-state index is 0.169. The van der Waals surface area contributed by atoms with E-state index < -0.39 is 0 Å². The molecule has 0 bridgehead atoms. The van der Waals surface area contributed by atoms with Crippen molar-refractivity contribution in [2.24, 2.45) is 5.41 Å². The van der Waals surface area contributed by atoms with Crippen molar-refractivity contribution in [1.82, 2.24) is 10.6 Å². The summed E-state index contributed by atoms with van der Waals surface area (Å²) in [6.07, 6.45) is 3.61. The molecule has 2 N–H and O–H groups in total. The van der Waals surface area contributed by atoms with Crippen molar-refractivity contribution < 1.29 is 9.53 Å². The van der Waals surface area contributed by atoms with Crippen LogP contribution in [0.4, 0.5) is 0 Å². The predicted octanol–water partition coefficient (Wildman–Crippen LogP) is 0.919. The van der Waals surface area contributed by atoms with Crippen LogP contribution in [0.5, 0.6) is 0 Å². The van der Waals surface area contributed by atoms with Crippen LogP contribution in [0.2, 0.25) is 0 Å². The van der Waals surface area contributed by atoms with E-state index in [1.807, 2.05) is 7.05 Å².